The Morgan fingerprint density at radius 2 is 2.06 bits per heavy atom. The summed E-state index contributed by atoms with van der Waals surface area (Å²) < 4.78 is 0.839. The highest BCUT2D eigenvalue weighted by molar-refractivity contribution is 9.10. The highest BCUT2D eigenvalue weighted by atomic mass is 79.9. The van der Waals surface area contributed by atoms with Crippen molar-refractivity contribution >= 4 is 21.7 Å². The minimum atomic E-state index is 0.560. The van der Waals surface area contributed by atoms with Crippen LogP contribution in [0, 0.1) is 5.92 Å². The molecule has 16 heavy (non-hydrogen) atoms. The smallest absolute Gasteiger partial charge is 0.130 e. The van der Waals surface area contributed by atoms with E-state index >= 15 is 0 Å². The molecule has 88 valence electrons. The molecule has 0 aromatic carbocycles. The van der Waals surface area contributed by atoms with Gasteiger partial charge < -0.3 is 5.32 Å². The molecule has 4 heteroatoms. The van der Waals surface area contributed by atoms with E-state index in [1.165, 1.54) is 32.1 Å². The number of nitrogens with zero attached hydrogens (tertiary/aromatic N) is 2. The first-order valence-electron chi connectivity index (χ1n) is 6.00. The summed E-state index contributed by atoms with van der Waals surface area (Å²) in [6, 6.07) is 2.50. The zero-order valence-corrected chi connectivity index (χ0v) is 11.2. The molecule has 0 radical (unpaired) electrons. The van der Waals surface area contributed by atoms with Crippen LogP contribution in [0.25, 0.3) is 0 Å². The molecule has 2 unspecified atom stereocenters. The third kappa shape index (κ3) is 3.17. The third-order valence-electron chi connectivity index (χ3n) is 3.33. The van der Waals surface area contributed by atoms with Crippen LogP contribution in [0.2, 0.25) is 0 Å². The van der Waals surface area contributed by atoms with E-state index in [9.17, 15) is 0 Å². The van der Waals surface area contributed by atoms with Crippen LogP contribution in [0.5, 0.6) is 0 Å². The van der Waals surface area contributed by atoms with Gasteiger partial charge in [-0.2, -0.15) is 0 Å². The van der Waals surface area contributed by atoms with Gasteiger partial charge in [0.25, 0.3) is 0 Å². The Kier molecular flexibility index (Phi) is 4.16. The summed E-state index contributed by atoms with van der Waals surface area (Å²) in [5, 5.41) is 3.53. The Balaban J connectivity index is 2.02. The van der Waals surface area contributed by atoms with Gasteiger partial charge in [-0.15, -0.1) is 0 Å². The summed E-state index contributed by atoms with van der Waals surface area (Å²) in [4.78, 5) is 8.28. The maximum atomic E-state index is 4.25. The van der Waals surface area contributed by atoms with Gasteiger partial charge in [-0.05, 0) is 34.7 Å². The first-order valence-corrected chi connectivity index (χ1v) is 6.79. The van der Waals surface area contributed by atoms with Crippen molar-refractivity contribution in [2.45, 2.75) is 45.1 Å². The zero-order chi connectivity index (χ0) is 11.4. The fraction of sp³-hybridized carbons (Fsp3) is 0.667. The summed E-state index contributed by atoms with van der Waals surface area (Å²) in [7, 11) is 0. The highest BCUT2D eigenvalue weighted by Crippen LogP contribution is 2.25. The summed E-state index contributed by atoms with van der Waals surface area (Å²) >= 11 is 3.37. The molecule has 2 atom stereocenters. The van der Waals surface area contributed by atoms with Crippen LogP contribution in [0.15, 0.2) is 17.0 Å². The van der Waals surface area contributed by atoms with Crippen molar-refractivity contribution < 1.29 is 0 Å². The SMILES string of the molecule is CC1CCCCCC1Nc1cc(Br)ncn1. The lowest BCUT2D eigenvalue weighted by atomic mass is 9.97. The van der Waals surface area contributed by atoms with Crippen LogP contribution >= 0.6 is 15.9 Å². The molecule has 1 fully saturated rings. The van der Waals surface area contributed by atoms with E-state index < -0.39 is 0 Å². The Morgan fingerprint density at radius 3 is 2.88 bits per heavy atom. The Bertz CT molecular complexity index is 343. The Labute approximate surface area is 105 Å². The van der Waals surface area contributed by atoms with Crippen molar-refractivity contribution in [3.8, 4) is 0 Å². The molecule has 0 saturated heterocycles. The van der Waals surface area contributed by atoms with Crippen molar-refractivity contribution in [3.63, 3.8) is 0 Å². The molecule has 1 aromatic rings. The Morgan fingerprint density at radius 1 is 1.25 bits per heavy atom. The predicted octanol–water partition coefficient (Wildman–Crippen LogP) is 3.62. The molecular weight excluding hydrogens is 266 g/mol. The van der Waals surface area contributed by atoms with Gasteiger partial charge in [0.15, 0.2) is 0 Å². The lowest BCUT2D eigenvalue weighted by Crippen LogP contribution is -2.26. The molecule has 3 nitrogen and oxygen atoms in total. The highest BCUT2D eigenvalue weighted by Gasteiger charge is 2.19. The number of anilines is 1. The molecular formula is C12H18BrN3. The average molecular weight is 284 g/mol. The van der Waals surface area contributed by atoms with Crippen molar-refractivity contribution in [3.05, 3.63) is 17.0 Å². The number of nitrogens with one attached hydrogen (secondary N) is 1. The molecule has 1 N–H and O–H groups in total. The van der Waals surface area contributed by atoms with Gasteiger partial charge >= 0.3 is 0 Å². The van der Waals surface area contributed by atoms with E-state index in [4.69, 9.17) is 0 Å². The lowest BCUT2D eigenvalue weighted by molar-refractivity contribution is 0.455. The van der Waals surface area contributed by atoms with Crippen LogP contribution in [0.3, 0.4) is 0 Å². The van der Waals surface area contributed by atoms with Crippen molar-refractivity contribution in [2.75, 3.05) is 5.32 Å². The Hall–Kier alpha value is -0.640. The maximum Gasteiger partial charge on any atom is 0.130 e. The molecule has 2 rings (SSSR count). The number of hydrogen-bond donors (Lipinski definition) is 1. The molecule has 1 saturated carbocycles. The van der Waals surface area contributed by atoms with E-state index in [2.05, 4.69) is 38.1 Å². The summed E-state index contributed by atoms with van der Waals surface area (Å²) in [5.41, 5.74) is 0. The second-order valence-electron chi connectivity index (χ2n) is 4.59. The van der Waals surface area contributed by atoms with Gasteiger partial charge in [-0.3, -0.25) is 0 Å². The summed E-state index contributed by atoms with van der Waals surface area (Å²) in [6.07, 6.45) is 8.23. The largest absolute Gasteiger partial charge is 0.367 e. The third-order valence-corrected chi connectivity index (χ3v) is 3.76. The number of rotatable bonds is 2. The second kappa shape index (κ2) is 5.62. The minimum absolute atomic E-state index is 0.560. The quantitative estimate of drug-likeness (QED) is 0.666. The fourth-order valence-electron chi connectivity index (χ4n) is 2.31. The van der Waals surface area contributed by atoms with E-state index in [1.54, 1.807) is 6.33 Å². The monoisotopic (exact) mass is 283 g/mol. The van der Waals surface area contributed by atoms with E-state index in [0.717, 1.165) is 16.3 Å². The van der Waals surface area contributed by atoms with Crippen molar-refractivity contribution in [1.82, 2.24) is 9.97 Å². The topological polar surface area (TPSA) is 37.8 Å². The van der Waals surface area contributed by atoms with Crippen molar-refractivity contribution in [1.29, 1.82) is 0 Å². The molecule has 0 spiro atoms. The number of aromatic nitrogens is 2. The molecule has 0 amide bonds. The van der Waals surface area contributed by atoms with Crippen molar-refractivity contribution in [2.24, 2.45) is 5.92 Å². The molecule has 1 aliphatic rings. The second-order valence-corrected chi connectivity index (χ2v) is 5.40. The van der Waals surface area contributed by atoms with Gasteiger partial charge in [0.2, 0.25) is 0 Å². The molecule has 1 heterocycles. The van der Waals surface area contributed by atoms with E-state index in [0.29, 0.717) is 6.04 Å². The normalized spacial score (nSPS) is 26.1. The minimum Gasteiger partial charge on any atom is -0.367 e. The van der Waals surface area contributed by atoms with E-state index in [-0.39, 0.29) is 0 Å². The number of halogens is 1. The van der Waals surface area contributed by atoms with Crippen LogP contribution in [0.1, 0.15) is 39.0 Å². The summed E-state index contributed by atoms with van der Waals surface area (Å²) in [5.74, 6) is 1.66. The predicted molar refractivity (Wildman–Crippen MR) is 69.4 cm³/mol. The van der Waals surface area contributed by atoms with Gasteiger partial charge in [-0.1, -0.05) is 26.2 Å². The molecule has 1 aromatic heterocycles. The molecule has 0 aliphatic heterocycles. The van der Waals surface area contributed by atoms with Gasteiger partial charge in [-0.25, -0.2) is 9.97 Å². The fourth-order valence-corrected chi connectivity index (χ4v) is 2.62. The molecule has 0 bridgehead atoms. The number of hydrogen-bond acceptors (Lipinski definition) is 3. The van der Waals surface area contributed by atoms with Crippen LogP contribution in [0.4, 0.5) is 5.82 Å². The van der Waals surface area contributed by atoms with Crippen LogP contribution in [-0.2, 0) is 0 Å². The van der Waals surface area contributed by atoms with Gasteiger partial charge in [0.05, 0.1) is 0 Å². The maximum absolute atomic E-state index is 4.25. The van der Waals surface area contributed by atoms with E-state index in [1.807, 2.05) is 6.07 Å². The van der Waals surface area contributed by atoms with Crippen LogP contribution < -0.4 is 5.32 Å². The van der Waals surface area contributed by atoms with Gasteiger partial charge in [0, 0.05) is 12.1 Å². The first kappa shape index (κ1) is 11.8. The first-order chi connectivity index (χ1) is 7.75. The standard InChI is InChI=1S/C12H18BrN3/c1-9-5-3-2-4-6-10(9)16-12-7-11(13)14-8-15-12/h7-10H,2-6H2,1H3,(H,14,15,16). The zero-order valence-electron chi connectivity index (χ0n) is 9.62. The van der Waals surface area contributed by atoms with Gasteiger partial charge in [0.1, 0.15) is 16.7 Å². The van der Waals surface area contributed by atoms with Crippen LogP contribution in [-0.4, -0.2) is 16.0 Å². The summed E-state index contributed by atoms with van der Waals surface area (Å²) in [6.45, 7) is 2.33. The average Bonchev–Trinajstić information content (AvgIpc) is 2.45. The lowest BCUT2D eigenvalue weighted by Gasteiger charge is -2.23. The molecule has 1 aliphatic carbocycles.